The van der Waals surface area contributed by atoms with Gasteiger partial charge >= 0.3 is 0 Å². The molecule has 0 saturated carbocycles. The second-order valence-electron chi connectivity index (χ2n) is 9.35. The van der Waals surface area contributed by atoms with Crippen molar-refractivity contribution in [3.05, 3.63) is 83.2 Å². The fourth-order valence-corrected chi connectivity index (χ4v) is 5.84. The molecule has 5 rings (SSSR count). The van der Waals surface area contributed by atoms with Gasteiger partial charge in [-0.2, -0.15) is 0 Å². The van der Waals surface area contributed by atoms with E-state index in [1.807, 2.05) is 6.92 Å². The monoisotopic (exact) mass is 579 g/mol. The van der Waals surface area contributed by atoms with E-state index in [1.165, 1.54) is 32.8 Å². The number of ether oxygens (including phenoxy) is 3. The predicted octanol–water partition coefficient (Wildman–Crippen LogP) is 2.73. The van der Waals surface area contributed by atoms with Crippen LogP contribution in [-0.4, -0.2) is 65.6 Å². The molecule has 1 aliphatic rings. The molecule has 4 aromatic rings. The zero-order chi connectivity index (χ0) is 29.3. The van der Waals surface area contributed by atoms with Gasteiger partial charge in [-0.3, -0.25) is 14.1 Å². The van der Waals surface area contributed by atoms with Gasteiger partial charge in [-0.1, -0.05) is 24.3 Å². The maximum Gasteiger partial charge on any atom is 0.252 e. The SMILES string of the molecule is COc1cccc(OC)c1-n1c(NS(=O)(=O)C(C)C(OC)c2ncc(C)cn2)nnc1[C@H]1NC(=O)c2ccccc21. The van der Waals surface area contributed by atoms with Crippen molar-refractivity contribution in [3.63, 3.8) is 0 Å². The largest absolute Gasteiger partial charge is 0.494 e. The van der Waals surface area contributed by atoms with Crippen LogP contribution in [0.1, 0.15) is 52.2 Å². The normalized spacial score (nSPS) is 16.0. The number of aromatic nitrogens is 5. The summed E-state index contributed by atoms with van der Waals surface area (Å²) in [6, 6.07) is 11.5. The fourth-order valence-electron chi connectivity index (χ4n) is 4.71. The number of nitrogens with zero attached hydrogens (tertiary/aromatic N) is 5. The van der Waals surface area contributed by atoms with Crippen LogP contribution in [-0.2, 0) is 14.8 Å². The topological polar surface area (TPSA) is 159 Å². The molecule has 0 bridgehead atoms. The van der Waals surface area contributed by atoms with Gasteiger partial charge in [-0.05, 0) is 43.2 Å². The third-order valence-corrected chi connectivity index (χ3v) is 8.52. The number of carbonyl (C=O) groups is 1. The summed E-state index contributed by atoms with van der Waals surface area (Å²) in [6.45, 7) is 3.31. The lowest BCUT2D eigenvalue weighted by Gasteiger charge is -2.23. The van der Waals surface area contributed by atoms with Crippen molar-refractivity contribution in [2.75, 3.05) is 26.1 Å². The van der Waals surface area contributed by atoms with Crippen LogP contribution in [0.3, 0.4) is 0 Å². The van der Waals surface area contributed by atoms with Crippen LogP contribution < -0.4 is 19.5 Å². The van der Waals surface area contributed by atoms with Crippen LogP contribution in [0.2, 0.25) is 0 Å². The smallest absolute Gasteiger partial charge is 0.252 e. The average Bonchev–Trinajstić information content (AvgIpc) is 3.53. The van der Waals surface area contributed by atoms with E-state index in [1.54, 1.807) is 54.9 Å². The molecule has 0 fully saturated rings. The second kappa shape index (κ2) is 11.1. The van der Waals surface area contributed by atoms with Gasteiger partial charge in [0, 0.05) is 25.1 Å². The van der Waals surface area contributed by atoms with Crippen molar-refractivity contribution >= 4 is 21.9 Å². The summed E-state index contributed by atoms with van der Waals surface area (Å²) < 4.78 is 48.3. The Morgan fingerprint density at radius 2 is 1.63 bits per heavy atom. The van der Waals surface area contributed by atoms with Gasteiger partial charge in [0.25, 0.3) is 5.91 Å². The van der Waals surface area contributed by atoms with Gasteiger partial charge in [0.15, 0.2) is 11.6 Å². The van der Waals surface area contributed by atoms with Crippen molar-refractivity contribution in [1.29, 1.82) is 0 Å². The van der Waals surface area contributed by atoms with Crippen molar-refractivity contribution in [2.45, 2.75) is 31.2 Å². The van der Waals surface area contributed by atoms with Crippen LogP contribution in [0.5, 0.6) is 11.5 Å². The first kappa shape index (κ1) is 28.0. The molecule has 1 aliphatic heterocycles. The average molecular weight is 580 g/mol. The lowest BCUT2D eigenvalue weighted by Crippen LogP contribution is -2.33. The van der Waals surface area contributed by atoms with E-state index >= 15 is 0 Å². The highest BCUT2D eigenvalue weighted by atomic mass is 32.2. The minimum absolute atomic E-state index is 0.145. The number of fused-ring (bicyclic) bond motifs is 1. The number of hydrogen-bond donors (Lipinski definition) is 2. The van der Waals surface area contributed by atoms with E-state index in [9.17, 15) is 13.2 Å². The third kappa shape index (κ3) is 5.07. The number of benzene rings is 2. The molecular weight excluding hydrogens is 550 g/mol. The van der Waals surface area contributed by atoms with Crippen molar-refractivity contribution < 1.29 is 27.4 Å². The number of sulfonamides is 1. The maximum atomic E-state index is 13.8. The summed E-state index contributed by atoms with van der Waals surface area (Å²) in [5.74, 6) is 0.743. The highest BCUT2D eigenvalue weighted by Gasteiger charge is 2.38. The van der Waals surface area contributed by atoms with Gasteiger partial charge in [-0.15, -0.1) is 10.2 Å². The van der Waals surface area contributed by atoms with Crippen LogP contribution in [0.15, 0.2) is 54.9 Å². The van der Waals surface area contributed by atoms with Crippen LogP contribution in [0.4, 0.5) is 5.95 Å². The van der Waals surface area contributed by atoms with E-state index in [4.69, 9.17) is 14.2 Å². The minimum atomic E-state index is -4.18. The number of amides is 1. The summed E-state index contributed by atoms with van der Waals surface area (Å²) in [7, 11) is 0.164. The number of carbonyl (C=O) groups excluding carboxylic acids is 1. The Kier molecular flexibility index (Phi) is 7.60. The molecule has 14 heteroatoms. The van der Waals surface area contributed by atoms with Gasteiger partial charge in [0.05, 0.1) is 14.2 Å². The molecule has 41 heavy (non-hydrogen) atoms. The van der Waals surface area contributed by atoms with Gasteiger partial charge in [0.2, 0.25) is 16.0 Å². The molecule has 13 nitrogen and oxygen atoms in total. The number of nitrogens with one attached hydrogen (secondary N) is 2. The quantitative estimate of drug-likeness (QED) is 0.286. The molecule has 0 radical (unpaired) electrons. The Labute approximate surface area is 237 Å². The fraction of sp³-hybridized carbons (Fsp3) is 0.296. The van der Waals surface area contributed by atoms with Gasteiger partial charge in [0.1, 0.15) is 34.6 Å². The lowest BCUT2D eigenvalue weighted by molar-refractivity contribution is 0.0949. The predicted molar refractivity (Wildman–Crippen MR) is 149 cm³/mol. The summed E-state index contributed by atoms with van der Waals surface area (Å²) in [5.41, 5.74) is 2.31. The van der Waals surface area contributed by atoms with Crippen molar-refractivity contribution in [2.24, 2.45) is 0 Å². The second-order valence-corrected chi connectivity index (χ2v) is 11.4. The lowest BCUT2D eigenvalue weighted by atomic mass is 10.0. The van der Waals surface area contributed by atoms with E-state index in [-0.39, 0.29) is 23.5 Å². The summed E-state index contributed by atoms with van der Waals surface area (Å²) >= 11 is 0. The Morgan fingerprint density at radius 1 is 0.976 bits per heavy atom. The zero-order valence-electron chi connectivity index (χ0n) is 23.0. The highest BCUT2D eigenvalue weighted by Crippen LogP contribution is 2.39. The molecule has 1 amide bonds. The molecule has 2 aromatic heterocycles. The zero-order valence-corrected chi connectivity index (χ0v) is 23.8. The van der Waals surface area contributed by atoms with Crippen molar-refractivity contribution in [3.8, 4) is 17.2 Å². The summed E-state index contributed by atoms with van der Waals surface area (Å²) in [5, 5.41) is 10.3. The molecule has 2 aromatic carbocycles. The standard InChI is InChI=1S/C27H29N7O6S/c1-15-13-28-24(29-14-15)23(40-5)16(2)41(36,37)33-27-32-31-25(21-17-9-6-7-10-18(17)26(35)30-21)34(27)22-19(38-3)11-8-12-20(22)39-4/h6-14,16,21,23H,1-5H3,(H,30,35)(H,32,33)/t16?,21-,23?/m0/s1. The number of para-hydroxylation sites is 1. The molecular formula is C27H29N7O6S. The number of methoxy groups -OCH3 is 3. The number of rotatable bonds is 10. The minimum Gasteiger partial charge on any atom is -0.494 e. The first-order valence-electron chi connectivity index (χ1n) is 12.6. The molecule has 3 atom stereocenters. The molecule has 0 saturated heterocycles. The number of hydrogen-bond acceptors (Lipinski definition) is 10. The van der Waals surface area contributed by atoms with E-state index in [2.05, 4.69) is 30.2 Å². The first-order chi connectivity index (χ1) is 19.7. The number of aryl methyl sites for hydroxylation is 1. The van der Waals surface area contributed by atoms with E-state index in [0.717, 1.165) is 5.56 Å². The summed E-state index contributed by atoms with van der Waals surface area (Å²) in [6.07, 6.45) is 2.20. The molecule has 2 unspecified atom stereocenters. The molecule has 3 heterocycles. The van der Waals surface area contributed by atoms with Crippen LogP contribution >= 0.6 is 0 Å². The van der Waals surface area contributed by atoms with E-state index < -0.39 is 27.4 Å². The van der Waals surface area contributed by atoms with Crippen LogP contribution in [0.25, 0.3) is 5.69 Å². The van der Waals surface area contributed by atoms with Crippen LogP contribution in [0, 0.1) is 6.92 Å². The number of anilines is 1. The maximum absolute atomic E-state index is 13.8. The highest BCUT2D eigenvalue weighted by molar-refractivity contribution is 7.93. The molecule has 214 valence electrons. The van der Waals surface area contributed by atoms with Gasteiger partial charge in [-0.25, -0.2) is 18.4 Å². The molecule has 0 spiro atoms. The summed E-state index contributed by atoms with van der Waals surface area (Å²) in [4.78, 5) is 21.3. The molecule has 2 N–H and O–H groups in total. The Bertz CT molecular complexity index is 1670. The molecule has 0 aliphatic carbocycles. The Morgan fingerprint density at radius 3 is 2.27 bits per heavy atom. The van der Waals surface area contributed by atoms with Gasteiger partial charge < -0.3 is 19.5 Å². The Hall–Kier alpha value is -4.56. The Balaban J connectivity index is 1.63. The van der Waals surface area contributed by atoms with Crippen molar-refractivity contribution in [1.82, 2.24) is 30.0 Å². The van der Waals surface area contributed by atoms with E-state index in [0.29, 0.717) is 28.3 Å². The first-order valence-corrected chi connectivity index (χ1v) is 14.1. The third-order valence-electron chi connectivity index (χ3n) is 6.82.